The molecule has 0 radical (unpaired) electrons. The van der Waals surface area contributed by atoms with Crippen LogP contribution in [0, 0.1) is 12.7 Å². The molecule has 0 aliphatic carbocycles. The zero-order valence-corrected chi connectivity index (χ0v) is 8.77. The lowest BCUT2D eigenvalue weighted by Gasteiger charge is -2.05. The quantitative estimate of drug-likeness (QED) is 0.772. The van der Waals surface area contributed by atoms with E-state index in [1.807, 2.05) is 0 Å². The molecule has 0 aromatic heterocycles. The summed E-state index contributed by atoms with van der Waals surface area (Å²) in [6.07, 6.45) is 1.03. The zero-order chi connectivity index (χ0) is 10.8. The van der Waals surface area contributed by atoms with Gasteiger partial charge in [0.25, 0.3) is 0 Å². The van der Waals surface area contributed by atoms with Crippen molar-refractivity contribution in [1.82, 2.24) is 0 Å². The number of rotatable bonds is 3. The van der Waals surface area contributed by atoms with Crippen LogP contribution in [0.5, 0.6) is 5.75 Å². The van der Waals surface area contributed by atoms with Gasteiger partial charge in [0.2, 0.25) is 0 Å². The van der Waals surface area contributed by atoms with E-state index < -0.39 is 21.6 Å². The lowest BCUT2D eigenvalue weighted by atomic mass is 10.2. The molecule has 0 aliphatic rings. The van der Waals surface area contributed by atoms with E-state index >= 15 is 0 Å². The minimum Gasteiger partial charge on any atom is -0.475 e. The highest BCUT2D eigenvalue weighted by molar-refractivity contribution is 7.90. The van der Waals surface area contributed by atoms with Crippen molar-refractivity contribution >= 4 is 9.84 Å². The van der Waals surface area contributed by atoms with Crippen LogP contribution in [-0.4, -0.2) is 20.6 Å². The first kappa shape index (κ1) is 11.0. The van der Waals surface area contributed by atoms with Gasteiger partial charge in [-0.2, -0.15) is 0 Å². The van der Waals surface area contributed by atoms with Gasteiger partial charge in [0.05, 0.1) is 0 Å². The fraction of sp³-hybridized carbons (Fsp3) is 0.333. The van der Waals surface area contributed by atoms with E-state index in [-0.39, 0.29) is 5.75 Å². The lowest BCUT2D eigenvalue weighted by Crippen LogP contribution is -2.10. The average Bonchev–Trinajstić information content (AvgIpc) is 2.00. The van der Waals surface area contributed by atoms with Crippen molar-refractivity contribution in [2.75, 3.05) is 12.2 Å². The fourth-order valence-corrected chi connectivity index (χ4v) is 1.23. The molecule has 0 unspecified atom stereocenters. The summed E-state index contributed by atoms with van der Waals surface area (Å²) in [4.78, 5) is 0. The van der Waals surface area contributed by atoms with Gasteiger partial charge in [0, 0.05) is 6.26 Å². The van der Waals surface area contributed by atoms with E-state index in [4.69, 9.17) is 4.74 Å². The number of aryl methyl sites for hydroxylation is 1. The summed E-state index contributed by atoms with van der Waals surface area (Å²) in [5.41, 5.74) is 0.759. The molecule has 5 heteroatoms. The summed E-state index contributed by atoms with van der Waals surface area (Å²) in [6.45, 7) is 1.74. The second-order valence-electron chi connectivity index (χ2n) is 3.12. The molecular weight excluding hydrogens is 207 g/mol. The van der Waals surface area contributed by atoms with Gasteiger partial charge in [0.15, 0.2) is 27.3 Å². The summed E-state index contributed by atoms with van der Waals surface area (Å²) in [7, 11) is -3.24. The molecule has 1 rings (SSSR count). The molecule has 14 heavy (non-hydrogen) atoms. The molecule has 0 atom stereocenters. The Balaban J connectivity index is 2.78. The van der Waals surface area contributed by atoms with Gasteiger partial charge in [-0.1, -0.05) is 6.07 Å². The molecule has 0 bridgehead atoms. The van der Waals surface area contributed by atoms with Crippen LogP contribution in [0.1, 0.15) is 5.56 Å². The van der Waals surface area contributed by atoms with Crippen molar-refractivity contribution in [2.45, 2.75) is 6.92 Å². The predicted octanol–water partition coefficient (Wildman–Crippen LogP) is 1.52. The molecule has 0 amide bonds. The third-order valence-electron chi connectivity index (χ3n) is 1.52. The van der Waals surface area contributed by atoms with Gasteiger partial charge in [-0.3, -0.25) is 0 Å². The Morgan fingerprint density at radius 1 is 1.43 bits per heavy atom. The van der Waals surface area contributed by atoms with Crippen LogP contribution >= 0.6 is 0 Å². The maximum atomic E-state index is 13.1. The van der Waals surface area contributed by atoms with Crippen molar-refractivity contribution < 1.29 is 17.5 Å². The van der Waals surface area contributed by atoms with Crippen molar-refractivity contribution in [3.63, 3.8) is 0 Å². The van der Waals surface area contributed by atoms with Gasteiger partial charge in [-0.15, -0.1) is 0 Å². The number of hydrogen-bond acceptors (Lipinski definition) is 3. The Morgan fingerprint density at radius 3 is 2.57 bits per heavy atom. The van der Waals surface area contributed by atoms with E-state index in [9.17, 15) is 12.8 Å². The first-order chi connectivity index (χ1) is 6.38. The van der Waals surface area contributed by atoms with Crippen LogP contribution in [0.25, 0.3) is 0 Å². The number of sulfone groups is 1. The van der Waals surface area contributed by atoms with Crippen LogP contribution < -0.4 is 4.74 Å². The highest BCUT2D eigenvalue weighted by Crippen LogP contribution is 2.17. The minimum absolute atomic E-state index is 0.0407. The Kier molecular flexibility index (Phi) is 3.10. The third-order valence-corrected chi connectivity index (χ3v) is 2.06. The van der Waals surface area contributed by atoms with Crippen molar-refractivity contribution in [2.24, 2.45) is 0 Å². The summed E-state index contributed by atoms with van der Waals surface area (Å²) in [6, 6.07) is 4.36. The smallest absolute Gasteiger partial charge is 0.189 e. The van der Waals surface area contributed by atoms with Crippen LogP contribution in [0.15, 0.2) is 18.2 Å². The van der Waals surface area contributed by atoms with E-state index in [1.165, 1.54) is 12.1 Å². The standard InChI is InChI=1S/C9H11FO3S/c1-7-3-4-9(8(10)5-7)13-6-14(2,11)12/h3-5H,6H2,1-2H3. The second kappa shape index (κ2) is 3.96. The van der Waals surface area contributed by atoms with Crippen molar-refractivity contribution in [1.29, 1.82) is 0 Å². The van der Waals surface area contributed by atoms with Crippen molar-refractivity contribution in [3.05, 3.63) is 29.6 Å². The highest BCUT2D eigenvalue weighted by atomic mass is 32.2. The largest absolute Gasteiger partial charge is 0.475 e. The second-order valence-corrected chi connectivity index (χ2v) is 5.21. The van der Waals surface area contributed by atoms with E-state index in [0.29, 0.717) is 0 Å². The van der Waals surface area contributed by atoms with Gasteiger partial charge in [-0.25, -0.2) is 12.8 Å². The molecule has 78 valence electrons. The average molecular weight is 218 g/mol. The molecule has 0 saturated carbocycles. The number of halogens is 1. The Bertz CT molecular complexity index is 426. The molecular formula is C9H11FO3S. The van der Waals surface area contributed by atoms with Gasteiger partial charge in [-0.05, 0) is 24.6 Å². The number of benzene rings is 1. The molecule has 3 nitrogen and oxygen atoms in total. The molecule has 0 N–H and O–H groups in total. The SMILES string of the molecule is Cc1ccc(OCS(C)(=O)=O)c(F)c1. The highest BCUT2D eigenvalue weighted by Gasteiger charge is 2.07. The maximum Gasteiger partial charge on any atom is 0.189 e. The van der Waals surface area contributed by atoms with Crippen LogP contribution in [-0.2, 0) is 9.84 Å². The number of hydrogen-bond donors (Lipinski definition) is 0. The molecule has 1 aromatic carbocycles. The summed E-state index contributed by atoms with van der Waals surface area (Å²) >= 11 is 0. The van der Waals surface area contributed by atoms with E-state index in [0.717, 1.165) is 11.8 Å². The third kappa shape index (κ3) is 3.33. The Morgan fingerprint density at radius 2 is 2.07 bits per heavy atom. The fourth-order valence-electron chi connectivity index (χ4n) is 0.893. The monoisotopic (exact) mass is 218 g/mol. The number of ether oxygens (including phenoxy) is 1. The van der Waals surface area contributed by atoms with Crippen LogP contribution in [0.2, 0.25) is 0 Å². The Labute approximate surface area is 82.4 Å². The normalized spacial score (nSPS) is 11.4. The summed E-state index contributed by atoms with van der Waals surface area (Å²) in [5, 5.41) is 0. The van der Waals surface area contributed by atoms with E-state index in [1.54, 1.807) is 13.0 Å². The Hall–Kier alpha value is -1.10. The van der Waals surface area contributed by atoms with Crippen molar-refractivity contribution in [3.8, 4) is 5.75 Å². The molecule has 0 aliphatic heterocycles. The van der Waals surface area contributed by atoms with Gasteiger partial charge < -0.3 is 4.74 Å². The van der Waals surface area contributed by atoms with Gasteiger partial charge in [0.1, 0.15) is 0 Å². The first-order valence-corrected chi connectivity index (χ1v) is 6.01. The summed E-state index contributed by atoms with van der Waals surface area (Å²) < 4.78 is 39.4. The summed E-state index contributed by atoms with van der Waals surface area (Å²) in [5.74, 6) is -1.10. The predicted molar refractivity (Wildman–Crippen MR) is 51.5 cm³/mol. The molecule has 0 fully saturated rings. The lowest BCUT2D eigenvalue weighted by molar-refractivity contribution is 0.356. The molecule has 0 heterocycles. The van der Waals surface area contributed by atoms with Crippen LogP contribution in [0.4, 0.5) is 4.39 Å². The topological polar surface area (TPSA) is 43.4 Å². The van der Waals surface area contributed by atoms with Gasteiger partial charge >= 0.3 is 0 Å². The van der Waals surface area contributed by atoms with Crippen LogP contribution in [0.3, 0.4) is 0 Å². The molecule has 0 saturated heterocycles. The van der Waals surface area contributed by atoms with E-state index in [2.05, 4.69) is 0 Å². The minimum atomic E-state index is -3.24. The zero-order valence-electron chi connectivity index (χ0n) is 7.95. The molecule has 0 spiro atoms. The first-order valence-electron chi connectivity index (χ1n) is 3.95. The molecule has 1 aromatic rings. The maximum absolute atomic E-state index is 13.1.